The van der Waals surface area contributed by atoms with Gasteiger partial charge in [0.05, 0.1) is 13.2 Å². The van der Waals surface area contributed by atoms with Crippen LogP contribution in [-0.4, -0.2) is 21.8 Å². The molecule has 2 aromatic rings. The average Bonchev–Trinajstić information content (AvgIpc) is 2.96. The molecule has 1 aliphatic carbocycles. The van der Waals surface area contributed by atoms with Crippen molar-refractivity contribution in [3.05, 3.63) is 47.5 Å². The summed E-state index contributed by atoms with van der Waals surface area (Å²) >= 11 is 0. The summed E-state index contributed by atoms with van der Waals surface area (Å²) in [5.74, 6) is 1.86. The van der Waals surface area contributed by atoms with E-state index in [1.165, 1.54) is 5.56 Å². The fourth-order valence-electron chi connectivity index (χ4n) is 3.23. The first kappa shape index (κ1) is 14.1. The zero-order valence-corrected chi connectivity index (χ0v) is 12.6. The summed E-state index contributed by atoms with van der Waals surface area (Å²) in [7, 11) is 1.66. The maximum Gasteiger partial charge on any atom is 0.119 e. The molecule has 0 amide bonds. The van der Waals surface area contributed by atoms with Crippen molar-refractivity contribution >= 4 is 0 Å². The predicted octanol–water partition coefficient (Wildman–Crippen LogP) is 3.07. The Morgan fingerprint density at radius 3 is 3.05 bits per heavy atom. The van der Waals surface area contributed by atoms with Crippen LogP contribution < -0.4 is 4.74 Å². The number of hydrogen-bond acceptors (Lipinski definition) is 3. The molecule has 0 radical (unpaired) electrons. The zero-order chi connectivity index (χ0) is 14.8. The number of benzene rings is 1. The molecule has 1 aromatic carbocycles. The second kappa shape index (κ2) is 5.90. The topological polar surface area (TPSA) is 47.3 Å². The van der Waals surface area contributed by atoms with Crippen LogP contribution in [0, 0.1) is 0 Å². The lowest BCUT2D eigenvalue weighted by atomic mass is 9.85. The van der Waals surface area contributed by atoms with Gasteiger partial charge in [-0.15, -0.1) is 0 Å². The number of imidazole rings is 1. The van der Waals surface area contributed by atoms with Crippen LogP contribution in [0.15, 0.2) is 30.6 Å². The van der Waals surface area contributed by atoms with E-state index >= 15 is 0 Å². The van der Waals surface area contributed by atoms with Crippen LogP contribution in [0.1, 0.15) is 48.9 Å². The number of fused-ring (bicyclic) bond motifs is 1. The molecule has 4 nitrogen and oxygen atoms in total. The van der Waals surface area contributed by atoms with E-state index in [0.717, 1.165) is 42.8 Å². The van der Waals surface area contributed by atoms with Gasteiger partial charge < -0.3 is 14.4 Å². The molecule has 0 saturated carbocycles. The molecule has 112 valence electrons. The van der Waals surface area contributed by atoms with E-state index < -0.39 is 6.10 Å². The molecule has 4 heteroatoms. The Morgan fingerprint density at radius 2 is 2.29 bits per heavy atom. The Balaban J connectivity index is 1.94. The normalized spacial score (nSPS) is 21.1. The highest BCUT2D eigenvalue weighted by Crippen LogP contribution is 2.39. The number of rotatable bonds is 4. The molecular weight excluding hydrogens is 264 g/mol. The van der Waals surface area contributed by atoms with E-state index in [1.54, 1.807) is 7.11 Å². The largest absolute Gasteiger partial charge is 0.497 e. The lowest BCUT2D eigenvalue weighted by molar-refractivity contribution is 0.0969. The summed E-state index contributed by atoms with van der Waals surface area (Å²) in [6.45, 7) is 2.15. The molecule has 0 fully saturated rings. The van der Waals surface area contributed by atoms with Crippen molar-refractivity contribution in [2.24, 2.45) is 0 Å². The minimum Gasteiger partial charge on any atom is -0.497 e. The molecule has 0 aliphatic heterocycles. The highest BCUT2D eigenvalue weighted by atomic mass is 16.5. The molecule has 0 bridgehead atoms. The standard InChI is InChI=1S/C17H22N2O2/c1-3-4-16-18-9-10-19(16)15-8-6-12-5-7-13(21-2)11-14(12)17(15)20/h5,7,9-11,15,17,20H,3-4,6,8H2,1-2H3. The minimum atomic E-state index is -0.506. The Kier molecular flexibility index (Phi) is 3.97. The van der Waals surface area contributed by atoms with Gasteiger partial charge in [-0.2, -0.15) is 0 Å². The lowest BCUT2D eigenvalue weighted by Gasteiger charge is -2.32. The fraction of sp³-hybridized carbons (Fsp3) is 0.471. The third-order valence-electron chi connectivity index (χ3n) is 4.33. The van der Waals surface area contributed by atoms with Crippen molar-refractivity contribution < 1.29 is 9.84 Å². The van der Waals surface area contributed by atoms with Gasteiger partial charge in [0.15, 0.2) is 0 Å². The van der Waals surface area contributed by atoms with E-state index in [1.807, 2.05) is 24.5 Å². The van der Waals surface area contributed by atoms with Crippen LogP contribution in [0.25, 0.3) is 0 Å². The number of aryl methyl sites for hydroxylation is 2. The van der Waals surface area contributed by atoms with Crippen molar-refractivity contribution in [3.63, 3.8) is 0 Å². The summed E-state index contributed by atoms with van der Waals surface area (Å²) in [6, 6.07) is 6.05. The molecular formula is C17H22N2O2. The van der Waals surface area contributed by atoms with Gasteiger partial charge in [0, 0.05) is 18.8 Å². The van der Waals surface area contributed by atoms with Gasteiger partial charge in [-0.25, -0.2) is 4.98 Å². The highest BCUT2D eigenvalue weighted by Gasteiger charge is 2.30. The van der Waals surface area contributed by atoms with E-state index in [0.29, 0.717) is 0 Å². The zero-order valence-electron chi connectivity index (χ0n) is 12.6. The van der Waals surface area contributed by atoms with E-state index in [4.69, 9.17) is 4.74 Å². The van der Waals surface area contributed by atoms with Crippen LogP contribution in [0.5, 0.6) is 5.75 Å². The van der Waals surface area contributed by atoms with Crippen molar-refractivity contribution in [1.29, 1.82) is 0 Å². The Labute approximate surface area is 125 Å². The van der Waals surface area contributed by atoms with Crippen molar-refractivity contribution in [1.82, 2.24) is 9.55 Å². The molecule has 1 aliphatic rings. The molecule has 0 spiro atoms. The average molecular weight is 286 g/mol. The summed E-state index contributed by atoms with van der Waals surface area (Å²) in [5, 5.41) is 10.8. The van der Waals surface area contributed by atoms with Crippen LogP contribution in [0.2, 0.25) is 0 Å². The Hall–Kier alpha value is -1.81. The Bertz CT molecular complexity index is 621. The first-order chi connectivity index (χ1) is 10.2. The first-order valence-electron chi connectivity index (χ1n) is 7.61. The van der Waals surface area contributed by atoms with Crippen molar-refractivity contribution in [3.8, 4) is 5.75 Å². The summed E-state index contributed by atoms with van der Waals surface area (Å²) in [4.78, 5) is 4.43. The molecule has 0 saturated heterocycles. The van der Waals surface area contributed by atoms with Gasteiger partial charge in [-0.3, -0.25) is 0 Å². The van der Waals surface area contributed by atoms with E-state index in [-0.39, 0.29) is 6.04 Å². The van der Waals surface area contributed by atoms with Crippen LogP contribution >= 0.6 is 0 Å². The van der Waals surface area contributed by atoms with Gasteiger partial charge in [-0.1, -0.05) is 13.0 Å². The number of aromatic nitrogens is 2. The summed E-state index contributed by atoms with van der Waals surface area (Å²) < 4.78 is 7.44. The molecule has 1 heterocycles. The van der Waals surface area contributed by atoms with Gasteiger partial charge in [0.1, 0.15) is 17.7 Å². The first-order valence-corrected chi connectivity index (χ1v) is 7.61. The third kappa shape index (κ3) is 2.56. The summed E-state index contributed by atoms with van der Waals surface area (Å²) in [6.07, 6.45) is 7.24. The molecule has 3 rings (SSSR count). The highest BCUT2D eigenvalue weighted by molar-refractivity contribution is 5.39. The van der Waals surface area contributed by atoms with Crippen LogP contribution in [0.4, 0.5) is 0 Å². The predicted molar refractivity (Wildman–Crippen MR) is 81.5 cm³/mol. The number of aliphatic hydroxyl groups excluding tert-OH is 1. The SMILES string of the molecule is CCCc1nccn1C1CCc2ccc(OC)cc2C1O. The van der Waals surface area contributed by atoms with Gasteiger partial charge in [0.25, 0.3) is 0 Å². The minimum absolute atomic E-state index is 0.0636. The number of methoxy groups -OCH3 is 1. The second-order valence-corrected chi connectivity index (χ2v) is 5.62. The number of nitrogens with zero attached hydrogens (tertiary/aromatic N) is 2. The molecule has 2 unspecified atom stereocenters. The van der Waals surface area contributed by atoms with E-state index in [9.17, 15) is 5.11 Å². The number of ether oxygens (including phenoxy) is 1. The smallest absolute Gasteiger partial charge is 0.119 e. The number of aliphatic hydroxyl groups is 1. The van der Waals surface area contributed by atoms with Crippen molar-refractivity contribution in [2.75, 3.05) is 7.11 Å². The second-order valence-electron chi connectivity index (χ2n) is 5.62. The lowest BCUT2D eigenvalue weighted by Crippen LogP contribution is -2.25. The van der Waals surface area contributed by atoms with Gasteiger partial charge in [-0.05, 0) is 42.5 Å². The maximum atomic E-state index is 10.8. The van der Waals surface area contributed by atoms with Gasteiger partial charge in [0.2, 0.25) is 0 Å². The Morgan fingerprint density at radius 1 is 1.43 bits per heavy atom. The summed E-state index contributed by atoms with van der Waals surface area (Å²) in [5.41, 5.74) is 2.21. The third-order valence-corrected chi connectivity index (χ3v) is 4.33. The fourth-order valence-corrected chi connectivity index (χ4v) is 3.23. The molecule has 21 heavy (non-hydrogen) atoms. The van der Waals surface area contributed by atoms with E-state index in [2.05, 4.69) is 22.5 Å². The quantitative estimate of drug-likeness (QED) is 0.939. The van der Waals surface area contributed by atoms with Gasteiger partial charge >= 0.3 is 0 Å². The molecule has 1 N–H and O–H groups in total. The van der Waals surface area contributed by atoms with Crippen LogP contribution in [-0.2, 0) is 12.8 Å². The van der Waals surface area contributed by atoms with Crippen molar-refractivity contribution in [2.45, 2.75) is 44.8 Å². The van der Waals surface area contributed by atoms with Crippen LogP contribution in [0.3, 0.4) is 0 Å². The molecule has 1 aromatic heterocycles. The number of hydrogen-bond donors (Lipinski definition) is 1. The monoisotopic (exact) mass is 286 g/mol. The maximum absolute atomic E-state index is 10.8. The molecule has 2 atom stereocenters.